The number of halogens is 2. The molecule has 0 aliphatic heterocycles. The SMILES string of the molecule is Cc1nc(Cl)c(/C=C/C(=O)NS(=O)(=O)/C=C/c2ccccc2)n1Cc1ccc(C#Cc2ccccc2)cc1Cl. The fourth-order valence-electron chi connectivity index (χ4n) is 3.59. The van der Waals surface area contributed by atoms with Gasteiger partial charge in [0.1, 0.15) is 5.82 Å². The van der Waals surface area contributed by atoms with Gasteiger partial charge in [-0.2, -0.15) is 0 Å². The smallest absolute Gasteiger partial charge is 0.257 e. The van der Waals surface area contributed by atoms with Crippen LogP contribution in [0.15, 0.2) is 90.3 Å². The van der Waals surface area contributed by atoms with Crippen molar-refractivity contribution in [2.45, 2.75) is 13.5 Å². The van der Waals surface area contributed by atoms with E-state index in [1.807, 2.05) is 53.3 Å². The highest BCUT2D eigenvalue weighted by Crippen LogP contribution is 2.24. The van der Waals surface area contributed by atoms with Gasteiger partial charge < -0.3 is 4.57 Å². The van der Waals surface area contributed by atoms with Crippen LogP contribution in [-0.2, 0) is 21.4 Å². The molecule has 1 heterocycles. The molecule has 0 radical (unpaired) electrons. The van der Waals surface area contributed by atoms with Crippen molar-refractivity contribution in [1.29, 1.82) is 0 Å². The molecule has 0 unspecified atom stereocenters. The summed E-state index contributed by atoms with van der Waals surface area (Å²) in [4.78, 5) is 16.7. The molecule has 0 aliphatic carbocycles. The van der Waals surface area contributed by atoms with E-state index in [9.17, 15) is 13.2 Å². The summed E-state index contributed by atoms with van der Waals surface area (Å²) in [7, 11) is -3.99. The van der Waals surface area contributed by atoms with Gasteiger partial charge in [-0.1, -0.05) is 89.6 Å². The van der Waals surface area contributed by atoms with Gasteiger partial charge in [-0.15, -0.1) is 0 Å². The van der Waals surface area contributed by atoms with E-state index in [2.05, 4.69) is 16.8 Å². The van der Waals surface area contributed by atoms with E-state index in [4.69, 9.17) is 23.2 Å². The summed E-state index contributed by atoms with van der Waals surface area (Å²) in [6.45, 7) is 2.10. The van der Waals surface area contributed by atoms with E-state index in [1.54, 1.807) is 41.8 Å². The van der Waals surface area contributed by atoms with Crippen LogP contribution < -0.4 is 4.72 Å². The van der Waals surface area contributed by atoms with E-state index < -0.39 is 15.9 Å². The van der Waals surface area contributed by atoms with Gasteiger partial charge in [-0.3, -0.25) is 4.79 Å². The number of benzene rings is 3. The lowest BCUT2D eigenvalue weighted by Gasteiger charge is -2.10. The first-order valence-electron chi connectivity index (χ1n) is 11.8. The molecule has 0 saturated carbocycles. The third-order valence-electron chi connectivity index (χ3n) is 5.53. The van der Waals surface area contributed by atoms with Crippen molar-refractivity contribution in [3.05, 3.63) is 134 Å². The minimum absolute atomic E-state index is 0.171. The second-order valence-electron chi connectivity index (χ2n) is 8.40. The Morgan fingerprint density at radius 3 is 2.31 bits per heavy atom. The number of carbonyl (C=O) groups is 1. The van der Waals surface area contributed by atoms with Crippen LogP contribution in [0.5, 0.6) is 0 Å². The zero-order valence-electron chi connectivity index (χ0n) is 20.8. The molecule has 0 aliphatic rings. The molecule has 4 aromatic rings. The topological polar surface area (TPSA) is 81.1 Å². The predicted molar refractivity (Wildman–Crippen MR) is 157 cm³/mol. The van der Waals surface area contributed by atoms with Crippen LogP contribution >= 0.6 is 23.2 Å². The van der Waals surface area contributed by atoms with Crippen molar-refractivity contribution < 1.29 is 13.2 Å². The van der Waals surface area contributed by atoms with Crippen molar-refractivity contribution in [1.82, 2.24) is 14.3 Å². The van der Waals surface area contributed by atoms with Crippen molar-refractivity contribution in [3.8, 4) is 11.8 Å². The zero-order chi connectivity index (χ0) is 27.8. The Balaban J connectivity index is 1.48. The average molecular weight is 577 g/mol. The summed E-state index contributed by atoms with van der Waals surface area (Å²) < 4.78 is 28.3. The van der Waals surface area contributed by atoms with Gasteiger partial charge in [0, 0.05) is 22.2 Å². The maximum Gasteiger partial charge on any atom is 0.257 e. The highest BCUT2D eigenvalue weighted by Gasteiger charge is 2.14. The molecule has 4 rings (SSSR count). The maximum atomic E-state index is 12.4. The van der Waals surface area contributed by atoms with Gasteiger partial charge in [-0.05, 0) is 54.5 Å². The molecule has 0 saturated heterocycles. The van der Waals surface area contributed by atoms with Crippen LogP contribution in [0.4, 0.5) is 0 Å². The quantitative estimate of drug-likeness (QED) is 0.214. The lowest BCUT2D eigenvalue weighted by molar-refractivity contribution is -0.114. The van der Waals surface area contributed by atoms with E-state index in [0.717, 1.165) is 28.2 Å². The van der Waals surface area contributed by atoms with Gasteiger partial charge in [0.15, 0.2) is 5.15 Å². The largest absolute Gasteiger partial charge is 0.323 e. The lowest BCUT2D eigenvalue weighted by atomic mass is 10.1. The highest BCUT2D eigenvalue weighted by molar-refractivity contribution is 7.93. The molecule has 1 amide bonds. The van der Waals surface area contributed by atoms with Crippen molar-refractivity contribution in [2.75, 3.05) is 0 Å². The summed E-state index contributed by atoms with van der Waals surface area (Å²) in [5, 5.41) is 1.62. The van der Waals surface area contributed by atoms with Crippen molar-refractivity contribution >= 4 is 51.3 Å². The number of aryl methyl sites for hydroxylation is 1. The molecule has 196 valence electrons. The zero-order valence-corrected chi connectivity index (χ0v) is 23.1. The Morgan fingerprint density at radius 2 is 1.62 bits per heavy atom. The summed E-state index contributed by atoms with van der Waals surface area (Å²) in [5.41, 5.74) is 3.60. The molecule has 0 spiro atoms. The van der Waals surface area contributed by atoms with Gasteiger partial charge in [0.2, 0.25) is 0 Å². The molecule has 1 N–H and O–H groups in total. The predicted octanol–water partition coefficient (Wildman–Crippen LogP) is 6.08. The first kappa shape index (κ1) is 27.9. The molecule has 9 heteroatoms. The van der Waals surface area contributed by atoms with Crippen molar-refractivity contribution in [3.63, 3.8) is 0 Å². The Hall–Kier alpha value is -4.09. The van der Waals surface area contributed by atoms with Gasteiger partial charge in [-0.25, -0.2) is 18.1 Å². The second kappa shape index (κ2) is 12.6. The Bertz CT molecular complexity index is 1720. The van der Waals surface area contributed by atoms with E-state index in [-0.39, 0.29) is 5.15 Å². The third kappa shape index (κ3) is 7.95. The molecule has 0 atom stereocenters. The monoisotopic (exact) mass is 575 g/mol. The summed E-state index contributed by atoms with van der Waals surface area (Å²) in [6.07, 6.45) is 3.91. The number of nitrogens with zero attached hydrogens (tertiary/aromatic N) is 2. The Morgan fingerprint density at radius 1 is 0.949 bits per heavy atom. The molecule has 0 fully saturated rings. The number of imidazole rings is 1. The second-order valence-corrected chi connectivity index (χ2v) is 10.7. The molecule has 0 bridgehead atoms. The normalized spacial score (nSPS) is 11.5. The maximum absolute atomic E-state index is 12.4. The summed E-state index contributed by atoms with van der Waals surface area (Å²) in [6, 6.07) is 24.1. The average Bonchev–Trinajstić information content (AvgIpc) is 3.18. The van der Waals surface area contributed by atoms with Crippen LogP contribution in [-0.4, -0.2) is 23.9 Å². The third-order valence-corrected chi connectivity index (χ3v) is 7.14. The Kier molecular flexibility index (Phi) is 9.05. The number of carbonyl (C=O) groups excluding carboxylic acids is 1. The highest BCUT2D eigenvalue weighted by atomic mass is 35.5. The van der Waals surface area contributed by atoms with E-state index in [0.29, 0.717) is 28.6 Å². The van der Waals surface area contributed by atoms with E-state index >= 15 is 0 Å². The fraction of sp³-hybridized carbons (Fsp3) is 0.0667. The molecule has 39 heavy (non-hydrogen) atoms. The fourth-order valence-corrected chi connectivity index (χ4v) is 4.87. The lowest BCUT2D eigenvalue weighted by Crippen LogP contribution is -2.26. The summed E-state index contributed by atoms with van der Waals surface area (Å²) in [5.74, 6) is 5.98. The van der Waals surface area contributed by atoms with Crippen LogP contribution in [0.2, 0.25) is 10.2 Å². The number of hydrogen-bond acceptors (Lipinski definition) is 4. The molecular formula is C30H23Cl2N3O3S. The first-order chi connectivity index (χ1) is 18.7. The number of nitrogens with one attached hydrogen (secondary N) is 1. The van der Waals surface area contributed by atoms with Crippen molar-refractivity contribution in [2.24, 2.45) is 0 Å². The number of hydrogen-bond donors (Lipinski definition) is 1. The molecule has 3 aromatic carbocycles. The summed E-state index contributed by atoms with van der Waals surface area (Å²) >= 11 is 12.9. The molecule has 6 nitrogen and oxygen atoms in total. The Labute approximate surface area is 237 Å². The van der Waals surface area contributed by atoms with Gasteiger partial charge in [0.05, 0.1) is 17.6 Å². The van der Waals surface area contributed by atoms with Gasteiger partial charge in [0.25, 0.3) is 15.9 Å². The van der Waals surface area contributed by atoms with Crippen LogP contribution in [0, 0.1) is 18.8 Å². The molecule has 1 aromatic heterocycles. The number of sulfonamides is 1. The standard InChI is InChI=1S/C30H23Cl2N3O3S/c1-22-33-30(32)28(16-17-29(36)34-39(37,38)19-18-24-10-6-3-7-11-24)35(22)21-26-15-14-25(20-27(26)31)13-12-23-8-4-2-5-9-23/h2-11,14-20H,21H2,1H3,(H,34,36)/b17-16+,19-18+. The molecular weight excluding hydrogens is 553 g/mol. The van der Waals surface area contributed by atoms with E-state index in [1.165, 1.54) is 12.2 Å². The number of aromatic nitrogens is 2. The minimum atomic E-state index is -3.99. The van der Waals surface area contributed by atoms with Gasteiger partial charge >= 0.3 is 0 Å². The minimum Gasteiger partial charge on any atom is -0.323 e. The van der Waals surface area contributed by atoms with Crippen LogP contribution in [0.25, 0.3) is 12.2 Å². The van der Waals surface area contributed by atoms with Crippen LogP contribution in [0.3, 0.4) is 0 Å². The number of rotatable bonds is 7. The number of amides is 1. The van der Waals surface area contributed by atoms with Crippen LogP contribution in [0.1, 0.15) is 33.8 Å². The first-order valence-corrected chi connectivity index (χ1v) is 14.1.